The van der Waals surface area contributed by atoms with E-state index in [9.17, 15) is 4.79 Å². The molecule has 0 fully saturated rings. The van der Waals surface area contributed by atoms with Gasteiger partial charge in [0.05, 0.1) is 13.7 Å². The molecule has 1 aromatic rings. The summed E-state index contributed by atoms with van der Waals surface area (Å²) in [6, 6.07) is 3.69. The van der Waals surface area contributed by atoms with Crippen LogP contribution in [0.2, 0.25) is 0 Å². The summed E-state index contributed by atoms with van der Waals surface area (Å²) in [4.78, 5) is 11.7. The Morgan fingerprint density at radius 1 is 1.47 bits per heavy atom. The fourth-order valence-corrected chi connectivity index (χ4v) is 1.79. The molecule has 0 radical (unpaired) electrons. The summed E-state index contributed by atoms with van der Waals surface area (Å²) >= 11 is 3.31. The summed E-state index contributed by atoms with van der Waals surface area (Å²) in [7, 11) is 1.54. The van der Waals surface area contributed by atoms with Gasteiger partial charge < -0.3 is 9.47 Å². The quantitative estimate of drug-likeness (QED) is 0.794. The van der Waals surface area contributed by atoms with Gasteiger partial charge in [-0.2, -0.15) is 0 Å². The monoisotopic (exact) mass is 272 g/mol. The van der Waals surface area contributed by atoms with Crippen LogP contribution in [-0.4, -0.2) is 19.7 Å². The minimum atomic E-state index is -0.370. The maximum Gasteiger partial charge on any atom is 0.343 e. The van der Waals surface area contributed by atoms with Gasteiger partial charge in [-0.1, -0.05) is 6.07 Å². The van der Waals surface area contributed by atoms with Crippen LogP contribution < -0.4 is 4.74 Å². The van der Waals surface area contributed by atoms with E-state index in [1.807, 2.05) is 19.1 Å². The molecule has 1 aromatic carbocycles. The van der Waals surface area contributed by atoms with Crippen LogP contribution in [0.25, 0.3) is 0 Å². The Morgan fingerprint density at radius 2 is 2.13 bits per heavy atom. The molecule has 4 heteroatoms. The molecule has 0 aliphatic carbocycles. The van der Waals surface area contributed by atoms with Crippen molar-refractivity contribution in [1.82, 2.24) is 0 Å². The Kier molecular flexibility index (Phi) is 4.15. The van der Waals surface area contributed by atoms with Crippen LogP contribution in [0.4, 0.5) is 0 Å². The lowest BCUT2D eigenvalue weighted by Gasteiger charge is -2.11. The molecule has 0 bridgehead atoms. The highest BCUT2D eigenvalue weighted by Gasteiger charge is 2.18. The van der Waals surface area contributed by atoms with E-state index < -0.39 is 0 Å². The summed E-state index contributed by atoms with van der Waals surface area (Å²) in [6.07, 6.45) is 0. The molecule has 3 nitrogen and oxygen atoms in total. The maximum atomic E-state index is 11.7. The predicted molar refractivity (Wildman–Crippen MR) is 61.4 cm³/mol. The Hall–Kier alpha value is -1.03. The number of aryl methyl sites for hydroxylation is 1. The number of carbonyl (C=O) groups is 1. The molecular weight excluding hydrogens is 260 g/mol. The Balaban J connectivity index is 3.24. The highest BCUT2D eigenvalue weighted by molar-refractivity contribution is 9.10. The maximum absolute atomic E-state index is 11.7. The van der Waals surface area contributed by atoms with Gasteiger partial charge in [0.1, 0.15) is 11.3 Å². The van der Waals surface area contributed by atoms with Gasteiger partial charge in [-0.05, 0) is 41.4 Å². The van der Waals surface area contributed by atoms with Crippen molar-refractivity contribution >= 4 is 21.9 Å². The highest BCUT2D eigenvalue weighted by Crippen LogP contribution is 2.30. The Labute approximate surface area is 97.5 Å². The summed E-state index contributed by atoms with van der Waals surface area (Å²) in [5.41, 5.74) is 1.35. The van der Waals surface area contributed by atoms with Gasteiger partial charge in [0.25, 0.3) is 0 Å². The van der Waals surface area contributed by atoms with Crippen molar-refractivity contribution in [2.75, 3.05) is 13.7 Å². The first-order valence-electron chi connectivity index (χ1n) is 4.62. The Bertz CT molecular complexity index is 374. The van der Waals surface area contributed by atoms with Gasteiger partial charge in [0.15, 0.2) is 0 Å². The van der Waals surface area contributed by atoms with Crippen LogP contribution in [0.3, 0.4) is 0 Å². The van der Waals surface area contributed by atoms with Crippen molar-refractivity contribution in [2.45, 2.75) is 13.8 Å². The molecule has 0 aliphatic heterocycles. The molecule has 0 atom stereocenters. The van der Waals surface area contributed by atoms with Crippen LogP contribution in [0.1, 0.15) is 22.8 Å². The molecule has 0 saturated heterocycles. The van der Waals surface area contributed by atoms with E-state index in [4.69, 9.17) is 9.47 Å². The summed E-state index contributed by atoms with van der Waals surface area (Å²) in [5, 5.41) is 0. The summed E-state index contributed by atoms with van der Waals surface area (Å²) < 4.78 is 10.8. The van der Waals surface area contributed by atoms with E-state index in [0.29, 0.717) is 22.4 Å². The van der Waals surface area contributed by atoms with E-state index in [-0.39, 0.29) is 5.97 Å². The lowest BCUT2D eigenvalue weighted by molar-refractivity contribution is 0.0521. The molecular formula is C11H13BrO3. The van der Waals surface area contributed by atoms with E-state index in [0.717, 1.165) is 5.56 Å². The normalized spacial score (nSPS) is 9.87. The number of hydrogen-bond acceptors (Lipinski definition) is 3. The Morgan fingerprint density at radius 3 is 2.67 bits per heavy atom. The van der Waals surface area contributed by atoms with Crippen molar-refractivity contribution < 1.29 is 14.3 Å². The highest BCUT2D eigenvalue weighted by atomic mass is 79.9. The molecule has 0 spiro atoms. The molecule has 0 heterocycles. The van der Waals surface area contributed by atoms with Gasteiger partial charge >= 0.3 is 5.97 Å². The summed E-state index contributed by atoms with van der Waals surface area (Å²) in [5.74, 6) is 0.188. The second-order valence-electron chi connectivity index (χ2n) is 2.99. The minimum Gasteiger partial charge on any atom is -0.496 e. The SMILES string of the molecule is CCOC(=O)c1c(Br)ccc(C)c1OC. The third-order valence-electron chi connectivity index (χ3n) is 1.99. The lowest BCUT2D eigenvalue weighted by atomic mass is 10.1. The van der Waals surface area contributed by atoms with Crippen LogP contribution in [0.15, 0.2) is 16.6 Å². The van der Waals surface area contributed by atoms with Crippen LogP contribution in [0.5, 0.6) is 5.75 Å². The number of benzene rings is 1. The van der Waals surface area contributed by atoms with Crippen molar-refractivity contribution in [3.63, 3.8) is 0 Å². The van der Waals surface area contributed by atoms with Crippen LogP contribution in [-0.2, 0) is 4.74 Å². The number of halogens is 1. The summed E-state index contributed by atoms with van der Waals surface area (Å²) in [6.45, 7) is 4.00. The third kappa shape index (κ3) is 2.50. The first-order chi connectivity index (χ1) is 7.11. The van der Waals surface area contributed by atoms with E-state index >= 15 is 0 Å². The number of ether oxygens (including phenoxy) is 2. The molecule has 0 N–H and O–H groups in total. The average molecular weight is 273 g/mol. The van der Waals surface area contributed by atoms with Gasteiger partial charge in [0, 0.05) is 4.47 Å². The predicted octanol–water partition coefficient (Wildman–Crippen LogP) is 2.94. The van der Waals surface area contributed by atoms with Crippen molar-refractivity contribution in [2.24, 2.45) is 0 Å². The van der Waals surface area contributed by atoms with Crippen molar-refractivity contribution in [3.8, 4) is 5.75 Å². The van der Waals surface area contributed by atoms with Gasteiger partial charge in [-0.25, -0.2) is 4.79 Å². The van der Waals surface area contributed by atoms with E-state index in [1.54, 1.807) is 6.92 Å². The third-order valence-corrected chi connectivity index (χ3v) is 2.65. The van der Waals surface area contributed by atoms with E-state index in [2.05, 4.69) is 15.9 Å². The van der Waals surface area contributed by atoms with Crippen LogP contribution >= 0.6 is 15.9 Å². The fraction of sp³-hybridized carbons (Fsp3) is 0.364. The molecule has 0 aromatic heterocycles. The van der Waals surface area contributed by atoms with Crippen molar-refractivity contribution in [3.05, 3.63) is 27.7 Å². The molecule has 0 unspecified atom stereocenters. The molecule has 82 valence electrons. The van der Waals surface area contributed by atoms with Gasteiger partial charge in [-0.3, -0.25) is 0 Å². The topological polar surface area (TPSA) is 35.5 Å². The average Bonchev–Trinajstić information content (AvgIpc) is 2.21. The zero-order valence-corrected chi connectivity index (χ0v) is 10.6. The number of esters is 1. The van der Waals surface area contributed by atoms with E-state index in [1.165, 1.54) is 7.11 Å². The van der Waals surface area contributed by atoms with Crippen LogP contribution in [0, 0.1) is 6.92 Å². The zero-order chi connectivity index (χ0) is 11.4. The molecule has 0 saturated carbocycles. The standard InChI is InChI=1S/C11H13BrO3/c1-4-15-11(13)9-8(12)6-5-7(2)10(9)14-3/h5-6H,4H2,1-3H3. The second kappa shape index (κ2) is 5.16. The first-order valence-corrected chi connectivity index (χ1v) is 5.41. The molecule has 0 aliphatic rings. The number of carbonyl (C=O) groups excluding carboxylic acids is 1. The molecule has 15 heavy (non-hydrogen) atoms. The molecule has 1 rings (SSSR count). The molecule has 0 amide bonds. The van der Waals surface area contributed by atoms with Gasteiger partial charge in [0.2, 0.25) is 0 Å². The van der Waals surface area contributed by atoms with Crippen molar-refractivity contribution in [1.29, 1.82) is 0 Å². The minimum absolute atomic E-state index is 0.350. The first kappa shape index (κ1) is 12.0. The fourth-order valence-electron chi connectivity index (χ4n) is 1.32. The van der Waals surface area contributed by atoms with Gasteiger partial charge in [-0.15, -0.1) is 0 Å². The second-order valence-corrected chi connectivity index (χ2v) is 3.85. The lowest BCUT2D eigenvalue weighted by Crippen LogP contribution is -2.08. The zero-order valence-electron chi connectivity index (χ0n) is 8.96. The number of methoxy groups -OCH3 is 1. The number of rotatable bonds is 3. The smallest absolute Gasteiger partial charge is 0.343 e. The number of hydrogen-bond donors (Lipinski definition) is 0. The largest absolute Gasteiger partial charge is 0.496 e.